The number of methoxy groups -OCH3 is 1. The zero-order valence-corrected chi connectivity index (χ0v) is 13.4. The maximum Gasteiger partial charge on any atom is 0.328 e. The number of carbonyl (C=O) groups is 3. The third-order valence-corrected chi connectivity index (χ3v) is 4.34. The van der Waals surface area contributed by atoms with Crippen molar-refractivity contribution in [3.63, 3.8) is 0 Å². The zero-order chi connectivity index (χ0) is 17.3. The summed E-state index contributed by atoms with van der Waals surface area (Å²) >= 11 is 0.717. The smallest absolute Gasteiger partial charge is 0.328 e. The first-order chi connectivity index (χ1) is 11.5. The number of aliphatic carboxylic acids is 1. The molecule has 1 atom stereocenters. The molecule has 0 spiro atoms. The molecule has 0 aliphatic carbocycles. The van der Waals surface area contributed by atoms with E-state index in [1.165, 1.54) is 11.2 Å². The lowest BCUT2D eigenvalue weighted by Gasteiger charge is -2.15. The highest BCUT2D eigenvalue weighted by molar-refractivity contribution is 8.18. The number of imide groups is 1. The molecule has 0 bridgehead atoms. The lowest BCUT2D eigenvalue weighted by molar-refractivity contribution is -0.141. The quantitative estimate of drug-likeness (QED) is 0.792. The SMILES string of the molecule is COc1ccc(C2=NN(/C=C3\SC(=O)NC3=O)C(C(=O)O)C2)cc1. The van der Waals surface area contributed by atoms with E-state index in [-0.39, 0.29) is 11.3 Å². The Hall–Kier alpha value is -2.81. The van der Waals surface area contributed by atoms with E-state index in [1.807, 2.05) is 0 Å². The standard InChI is InChI=1S/C15H13N3O5S/c1-23-9-4-2-8(3-5-9)10-6-11(14(20)21)18(17-10)7-12-13(19)16-15(22)24-12/h2-5,7,11H,6H2,1H3,(H,20,21)(H,16,19,22)/b12-7-. The Labute approximate surface area is 141 Å². The first-order valence-corrected chi connectivity index (χ1v) is 7.77. The summed E-state index contributed by atoms with van der Waals surface area (Å²) < 4.78 is 5.09. The van der Waals surface area contributed by atoms with E-state index in [2.05, 4.69) is 10.4 Å². The number of hydrogen-bond acceptors (Lipinski definition) is 7. The number of nitrogens with zero attached hydrogens (tertiary/aromatic N) is 2. The average Bonchev–Trinajstić information content (AvgIpc) is 3.11. The lowest BCUT2D eigenvalue weighted by Crippen LogP contribution is -2.31. The van der Waals surface area contributed by atoms with Crippen molar-refractivity contribution in [1.82, 2.24) is 10.3 Å². The van der Waals surface area contributed by atoms with Crippen LogP contribution in [0.4, 0.5) is 4.79 Å². The lowest BCUT2D eigenvalue weighted by atomic mass is 10.0. The van der Waals surface area contributed by atoms with Crippen LogP contribution in [0.5, 0.6) is 5.75 Å². The minimum atomic E-state index is -1.06. The molecule has 1 aromatic carbocycles. The normalized spacial score (nSPS) is 21.9. The first kappa shape index (κ1) is 16.1. The maximum absolute atomic E-state index is 11.6. The predicted molar refractivity (Wildman–Crippen MR) is 86.6 cm³/mol. The van der Waals surface area contributed by atoms with Gasteiger partial charge in [0.05, 0.1) is 12.8 Å². The van der Waals surface area contributed by atoms with Crippen LogP contribution < -0.4 is 10.1 Å². The fourth-order valence-corrected chi connectivity index (χ4v) is 2.98. The van der Waals surface area contributed by atoms with Gasteiger partial charge in [-0.3, -0.25) is 19.9 Å². The number of hydrogen-bond donors (Lipinski definition) is 2. The number of hydrazone groups is 1. The molecule has 2 aliphatic rings. The fourth-order valence-electron chi connectivity index (χ4n) is 2.34. The van der Waals surface area contributed by atoms with Gasteiger partial charge in [0, 0.05) is 12.6 Å². The molecule has 8 nitrogen and oxygen atoms in total. The molecule has 2 N–H and O–H groups in total. The topological polar surface area (TPSA) is 108 Å². The number of rotatable bonds is 4. The molecule has 0 aromatic heterocycles. The van der Waals surface area contributed by atoms with Gasteiger partial charge < -0.3 is 9.84 Å². The van der Waals surface area contributed by atoms with Crippen LogP contribution in [0.15, 0.2) is 40.5 Å². The summed E-state index contributed by atoms with van der Waals surface area (Å²) in [5.41, 5.74) is 1.35. The number of carboxylic acid groups (broad SMARTS) is 1. The van der Waals surface area contributed by atoms with Gasteiger partial charge >= 0.3 is 5.97 Å². The number of benzene rings is 1. The second-order valence-corrected chi connectivity index (χ2v) is 6.07. The number of amides is 2. The van der Waals surface area contributed by atoms with Gasteiger partial charge in [0.2, 0.25) is 0 Å². The number of thioether (sulfide) groups is 1. The fraction of sp³-hybridized carbons (Fsp3) is 0.200. The van der Waals surface area contributed by atoms with Crippen molar-refractivity contribution in [1.29, 1.82) is 0 Å². The van der Waals surface area contributed by atoms with Crippen molar-refractivity contribution >= 4 is 34.6 Å². The van der Waals surface area contributed by atoms with Crippen molar-refractivity contribution < 1.29 is 24.2 Å². The van der Waals surface area contributed by atoms with Gasteiger partial charge in [-0.2, -0.15) is 5.10 Å². The molecular weight excluding hydrogens is 334 g/mol. The van der Waals surface area contributed by atoms with E-state index in [0.29, 0.717) is 11.5 Å². The molecule has 3 rings (SSSR count). The summed E-state index contributed by atoms with van der Waals surface area (Å²) in [6.07, 6.45) is 1.48. The summed E-state index contributed by atoms with van der Waals surface area (Å²) in [5, 5.41) is 16.5. The molecule has 24 heavy (non-hydrogen) atoms. The Bertz CT molecular complexity index is 772. The van der Waals surface area contributed by atoms with Gasteiger partial charge in [-0.25, -0.2) is 4.79 Å². The Morgan fingerprint density at radius 1 is 1.42 bits per heavy atom. The van der Waals surface area contributed by atoms with E-state index in [4.69, 9.17) is 4.74 Å². The van der Waals surface area contributed by atoms with E-state index in [1.54, 1.807) is 31.4 Å². The van der Waals surface area contributed by atoms with Crippen LogP contribution in [0.1, 0.15) is 12.0 Å². The van der Waals surface area contributed by atoms with Crippen LogP contribution in [0.25, 0.3) is 0 Å². The highest BCUT2D eigenvalue weighted by Crippen LogP contribution is 2.28. The third kappa shape index (κ3) is 3.11. The largest absolute Gasteiger partial charge is 0.497 e. The summed E-state index contributed by atoms with van der Waals surface area (Å²) in [6, 6.07) is 6.15. The predicted octanol–water partition coefficient (Wildman–Crippen LogP) is 1.38. The maximum atomic E-state index is 11.6. The summed E-state index contributed by atoms with van der Waals surface area (Å²) in [6.45, 7) is 0. The minimum absolute atomic E-state index is 0.117. The van der Waals surface area contributed by atoms with Crippen LogP contribution in [0, 0.1) is 0 Å². The molecule has 0 saturated carbocycles. The molecule has 1 unspecified atom stereocenters. The number of carbonyl (C=O) groups excluding carboxylic acids is 2. The Morgan fingerprint density at radius 2 is 2.12 bits per heavy atom. The highest BCUT2D eigenvalue weighted by atomic mass is 32.2. The minimum Gasteiger partial charge on any atom is -0.497 e. The highest BCUT2D eigenvalue weighted by Gasteiger charge is 2.34. The Kier molecular flexibility index (Phi) is 4.26. The van der Waals surface area contributed by atoms with Crippen molar-refractivity contribution in [2.24, 2.45) is 5.10 Å². The molecule has 124 valence electrons. The molecule has 1 saturated heterocycles. The summed E-state index contributed by atoms with van der Waals surface area (Å²) in [7, 11) is 1.56. The Morgan fingerprint density at radius 3 is 2.67 bits per heavy atom. The molecule has 0 radical (unpaired) electrons. The Balaban J connectivity index is 1.89. The van der Waals surface area contributed by atoms with E-state index < -0.39 is 23.2 Å². The van der Waals surface area contributed by atoms with Crippen molar-refractivity contribution in [2.75, 3.05) is 7.11 Å². The molecule has 2 heterocycles. The monoisotopic (exact) mass is 347 g/mol. The molecule has 2 aliphatic heterocycles. The van der Waals surface area contributed by atoms with Gasteiger partial charge in [-0.05, 0) is 41.6 Å². The molecule has 2 amide bonds. The zero-order valence-electron chi connectivity index (χ0n) is 12.6. The molecular formula is C15H13N3O5S. The van der Waals surface area contributed by atoms with E-state index >= 15 is 0 Å². The van der Waals surface area contributed by atoms with Crippen LogP contribution in [0.2, 0.25) is 0 Å². The average molecular weight is 347 g/mol. The second kappa shape index (κ2) is 6.36. The van der Waals surface area contributed by atoms with Gasteiger partial charge in [-0.1, -0.05) is 0 Å². The number of carboxylic acids is 1. The van der Waals surface area contributed by atoms with Crippen LogP contribution in [0.3, 0.4) is 0 Å². The van der Waals surface area contributed by atoms with Crippen molar-refractivity contribution in [3.05, 3.63) is 40.9 Å². The van der Waals surface area contributed by atoms with E-state index in [9.17, 15) is 19.5 Å². The molecule has 1 aromatic rings. The van der Waals surface area contributed by atoms with Gasteiger partial charge in [0.15, 0.2) is 6.04 Å². The van der Waals surface area contributed by atoms with Gasteiger partial charge in [-0.15, -0.1) is 0 Å². The van der Waals surface area contributed by atoms with Gasteiger partial charge in [0.1, 0.15) is 10.7 Å². The summed E-state index contributed by atoms with van der Waals surface area (Å²) in [5.74, 6) is -0.931. The van der Waals surface area contributed by atoms with E-state index in [0.717, 1.165) is 17.3 Å². The second-order valence-electron chi connectivity index (χ2n) is 5.05. The van der Waals surface area contributed by atoms with Crippen LogP contribution in [-0.2, 0) is 9.59 Å². The summed E-state index contributed by atoms with van der Waals surface area (Å²) in [4.78, 5) is 34.4. The molecule has 1 fully saturated rings. The first-order valence-electron chi connectivity index (χ1n) is 6.96. The number of ether oxygens (including phenoxy) is 1. The molecule has 9 heteroatoms. The van der Waals surface area contributed by atoms with Gasteiger partial charge in [0.25, 0.3) is 11.1 Å². The van der Waals surface area contributed by atoms with Crippen molar-refractivity contribution in [2.45, 2.75) is 12.5 Å². The number of nitrogens with one attached hydrogen (secondary N) is 1. The van der Waals surface area contributed by atoms with Crippen LogP contribution >= 0.6 is 11.8 Å². The third-order valence-electron chi connectivity index (χ3n) is 3.54. The van der Waals surface area contributed by atoms with Crippen molar-refractivity contribution in [3.8, 4) is 5.75 Å². The van der Waals surface area contributed by atoms with Crippen LogP contribution in [-0.4, -0.2) is 46.1 Å².